The summed E-state index contributed by atoms with van der Waals surface area (Å²) in [5.74, 6) is 0.0149. The number of benzene rings is 1. The third-order valence-corrected chi connectivity index (χ3v) is 1.62. The number of carboxylic acid groups (broad SMARTS) is 1. The highest BCUT2D eigenvalue weighted by molar-refractivity contribution is 6.35. The van der Waals surface area contributed by atoms with Gasteiger partial charge in [0.25, 0.3) is 6.16 Å². The number of ether oxygens (including phenoxy) is 1. The van der Waals surface area contributed by atoms with Crippen molar-refractivity contribution in [3.63, 3.8) is 0 Å². The van der Waals surface area contributed by atoms with E-state index in [0.717, 1.165) is 0 Å². The largest absolute Gasteiger partial charge is 0.512 e. The van der Waals surface area contributed by atoms with Crippen molar-refractivity contribution in [1.82, 2.24) is 0 Å². The molecule has 0 N–H and O–H groups in total. The molecule has 12 heavy (non-hydrogen) atoms. The van der Waals surface area contributed by atoms with Gasteiger partial charge in [0.05, 0.1) is 10.8 Å². The van der Waals surface area contributed by atoms with Crippen LogP contribution in [0.4, 0.5) is 4.79 Å². The first-order chi connectivity index (χ1) is 5.59. The van der Waals surface area contributed by atoms with E-state index in [-0.39, 0.29) is 10.8 Å². The summed E-state index contributed by atoms with van der Waals surface area (Å²) in [5.41, 5.74) is 0. The quantitative estimate of drug-likeness (QED) is 0.519. The second-order valence-electron chi connectivity index (χ2n) is 1.93. The standard InChI is InChI=1S/C7H4Cl2O3/c8-4-1-2-6(5(9)3-4)12-7(10)11/h1-3H,(H,10,11)/p-1. The maximum absolute atomic E-state index is 9.98. The van der Waals surface area contributed by atoms with Crippen LogP contribution in [0.1, 0.15) is 0 Å². The van der Waals surface area contributed by atoms with Crippen molar-refractivity contribution in [3.8, 4) is 5.75 Å². The normalized spacial score (nSPS) is 9.50. The molecule has 1 rings (SSSR count). The molecule has 5 heteroatoms. The molecule has 0 amide bonds. The van der Waals surface area contributed by atoms with Crippen LogP contribution in [0.2, 0.25) is 10.0 Å². The summed E-state index contributed by atoms with van der Waals surface area (Å²) in [6, 6.07) is 4.19. The minimum absolute atomic E-state index is 0.0149. The number of hydrogen-bond acceptors (Lipinski definition) is 3. The van der Waals surface area contributed by atoms with Gasteiger partial charge in [-0.3, -0.25) is 0 Å². The SMILES string of the molecule is O=C([O-])Oc1ccc(Cl)cc1Cl. The first kappa shape index (κ1) is 9.16. The predicted molar refractivity (Wildman–Crippen MR) is 42.5 cm³/mol. The van der Waals surface area contributed by atoms with Crippen LogP contribution in [0.25, 0.3) is 0 Å². The van der Waals surface area contributed by atoms with E-state index in [9.17, 15) is 9.90 Å². The van der Waals surface area contributed by atoms with E-state index in [1.807, 2.05) is 0 Å². The van der Waals surface area contributed by atoms with E-state index >= 15 is 0 Å². The van der Waals surface area contributed by atoms with Crippen LogP contribution in [0.15, 0.2) is 18.2 Å². The summed E-state index contributed by atoms with van der Waals surface area (Å²) in [6.45, 7) is 0. The Morgan fingerprint density at radius 2 is 2.08 bits per heavy atom. The zero-order valence-electron chi connectivity index (χ0n) is 5.71. The number of carbonyl (C=O) groups excluding carboxylic acids is 1. The van der Waals surface area contributed by atoms with Gasteiger partial charge in [-0.1, -0.05) is 23.2 Å². The van der Waals surface area contributed by atoms with Crippen molar-refractivity contribution in [2.75, 3.05) is 0 Å². The molecule has 0 heterocycles. The van der Waals surface area contributed by atoms with Crippen LogP contribution in [-0.2, 0) is 0 Å². The lowest BCUT2D eigenvalue weighted by Crippen LogP contribution is -2.26. The van der Waals surface area contributed by atoms with Gasteiger partial charge in [-0.2, -0.15) is 0 Å². The highest BCUT2D eigenvalue weighted by Gasteiger charge is 1.99. The first-order valence-electron chi connectivity index (χ1n) is 2.93. The molecule has 0 aliphatic rings. The fraction of sp³-hybridized carbons (Fsp3) is 0. The molecule has 64 valence electrons. The van der Waals surface area contributed by atoms with Crippen molar-refractivity contribution in [2.24, 2.45) is 0 Å². The maximum atomic E-state index is 9.98. The van der Waals surface area contributed by atoms with E-state index in [1.54, 1.807) is 0 Å². The molecule has 0 unspecified atom stereocenters. The summed E-state index contributed by atoms with van der Waals surface area (Å²) >= 11 is 11.1. The lowest BCUT2D eigenvalue weighted by molar-refractivity contribution is -0.271. The molecule has 0 aromatic heterocycles. The Labute approximate surface area is 78.5 Å². The van der Waals surface area contributed by atoms with Gasteiger partial charge in [0.15, 0.2) is 0 Å². The van der Waals surface area contributed by atoms with Crippen LogP contribution in [-0.4, -0.2) is 6.16 Å². The van der Waals surface area contributed by atoms with Crippen molar-refractivity contribution in [3.05, 3.63) is 28.2 Å². The number of carbonyl (C=O) groups is 1. The molecular formula is C7H3Cl2O3-. The van der Waals surface area contributed by atoms with E-state index in [0.29, 0.717) is 5.02 Å². The van der Waals surface area contributed by atoms with Gasteiger partial charge in [0, 0.05) is 5.02 Å². The molecule has 3 nitrogen and oxygen atoms in total. The number of hydrogen-bond donors (Lipinski definition) is 0. The van der Waals surface area contributed by atoms with Crippen molar-refractivity contribution < 1.29 is 14.6 Å². The maximum Gasteiger partial charge on any atom is 0.257 e. The molecule has 0 aliphatic carbocycles. The molecule has 0 aliphatic heterocycles. The smallest absolute Gasteiger partial charge is 0.257 e. The van der Waals surface area contributed by atoms with E-state index in [2.05, 4.69) is 4.74 Å². The average Bonchev–Trinajstić information content (AvgIpc) is 1.94. The molecule has 1 aromatic rings. The average molecular weight is 206 g/mol. The van der Waals surface area contributed by atoms with E-state index in [4.69, 9.17) is 23.2 Å². The fourth-order valence-corrected chi connectivity index (χ4v) is 1.09. The van der Waals surface area contributed by atoms with Gasteiger partial charge >= 0.3 is 0 Å². The van der Waals surface area contributed by atoms with Gasteiger partial charge in [-0.25, -0.2) is 0 Å². The van der Waals surface area contributed by atoms with Gasteiger partial charge in [0.1, 0.15) is 0 Å². The highest BCUT2D eigenvalue weighted by atomic mass is 35.5. The molecule has 0 spiro atoms. The summed E-state index contributed by atoms with van der Waals surface area (Å²) in [7, 11) is 0. The molecule has 0 radical (unpaired) electrons. The topological polar surface area (TPSA) is 49.4 Å². The van der Waals surface area contributed by atoms with E-state index in [1.165, 1.54) is 18.2 Å². The van der Waals surface area contributed by atoms with Crippen LogP contribution < -0.4 is 9.84 Å². The third-order valence-electron chi connectivity index (χ3n) is 1.09. The first-order valence-corrected chi connectivity index (χ1v) is 3.69. The Morgan fingerprint density at radius 1 is 1.42 bits per heavy atom. The predicted octanol–water partition coefficient (Wildman–Crippen LogP) is 1.72. The van der Waals surface area contributed by atoms with Crippen molar-refractivity contribution >= 4 is 29.4 Å². The van der Waals surface area contributed by atoms with Gasteiger partial charge < -0.3 is 14.6 Å². The molecule has 0 bridgehead atoms. The Morgan fingerprint density at radius 3 is 2.58 bits per heavy atom. The molecule has 0 fully saturated rings. The van der Waals surface area contributed by atoms with Crippen LogP contribution >= 0.6 is 23.2 Å². The Bertz CT molecular complexity index is 312. The number of halogens is 2. The van der Waals surface area contributed by atoms with Gasteiger partial charge in [-0.15, -0.1) is 0 Å². The Hall–Kier alpha value is -0.930. The summed E-state index contributed by atoms with van der Waals surface area (Å²) in [4.78, 5) is 9.98. The lowest BCUT2D eigenvalue weighted by atomic mass is 10.3. The molecule has 0 saturated carbocycles. The molecule has 0 saturated heterocycles. The summed E-state index contributed by atoms with van der Waals surface area (Å²) in [5, 5.41) is 10.5. The zero-order valence-corrected chi connectivity index (χ0v) is 7.22. The summed E-state index contributed by atoms with van der Waals surface area (Å²) < 4.78 is 4.21. The fourth-order valence-electron chi connectivity index (χ4n) is 0.648. The van der Waals surface area contributed by atoms with E-state index < -0.39 is 6.16 Å². The van der Waals surface area contributed by atoms with Gasteiger partial charge in [0.2, 0.25) is 0 Å². The number of rotatable bonds is 1. The summed E-state index contributed by atoms with van der Waals surface area (Å²) in [6.07, 6.45) is -1.65. The second-order valence-corrected chi connectivity index (χ2v) is 2.77. The third kappa shape index (κ3) is 2.29. The van der Waals surface area contributed by atoms with Gasteiger partial charge in [-0.05, 0) is 18.2 Å². The minimum atomic E-state index is -1.65. The van der Waals surface area contributed by atoms with Crippen LogP contribution in [0, 0.1) is 0 Å². The van der Waals surface area contributed by atoms with Crippen molar-refractivity contribution in [1.29, 1.82) is 0 Å². The minimum Gasteiger partial charge on any atom is -0.512 e. The van der Waals surface area contributed by atoms with Crippen LogP contribution in [0.3, 0.4) is 0 Å². The second kappa shape index (κ2) is 3.65. The van der Waals surface area contributed by atoms with Crippen molar-refractivity contribution in [2.45, 2.75) is 0 Å². The Balaban J connectivity index is 2.93. The zero-order chi connectivity index (χ0) is 9.14. The highest BCUT2D eigenvalue weighted by Crippen LogP contribution is 2.27. The molecule has 0 atom stereocenters. The monoisotopic (exact) mass is 205 g/mol. The molecule has 1 aromatic carbocycles. The Kier molecular flexibility index (Phi) is 2.78. The lowest BCUT2D eigenvalue weighted by Gasteiger charge is -2.09. The van der Waals surface area contributed by atoms with Crippen LogP contribution in [0.5, 0.6) is 5.75 Å². The molecular weight excluding hydrogens is 203 g/mol.